The van der Waals surface area contributed by atoms with Crippen LogP contribution in [0.1, 0.15) is 12.5 Å². The lowest BCUT2D eigenvalue weighted by molar-refractivity contribution is -0.145. The number of benzene rings is 1. The van der Waals surface area contributed by atoms with Crippen LogP contribution >= 0.6 is 0 Å². The van der Waals surface area contributed by atoms with E-state index in [1.54, 1.807) is 31.2 Å². The number of hydrogen-bond donors (Lipinski definition) is 2. The highest BCUT2D eigenvalue weighted by atomic mass is 16.6. The van der Waals surface area contributed by atoms with Crippen molar-refractivity contribution in [1.29, 1.82) is 0 Å². The Hall–Kier alpha value is -2.83. The molecule has 2 rings (SSSR count). The molecule has 7 nitrogen and oxygen atoms in total. The molecule has 21 heavy (non-hydrogen) atoms. The number of esters is 1. The molecule has 0 aliphatic carbocycles. The van der Waals surface area contributed by atoms with Crippen LogP contribution in [0.25, 0.3) is 6.08 Å². The number of nitrogens with one attached hydrogen (secondary N) is 2. The van der Waals surface area contributed by atoms with Gasteiger partial charge in [0.1, 0.15) is 11.4 Å². The molecule has 1 heterocycles. The fourth-order valence-electron chi connectivity index (χ4n) is 1.65. The number of imide groups is 1. The van der Waals surface area contributed by atoms with Crippen molar-refractivity contribution in [3.63, 3.8) is 0 Å². The molecule has 3 amide bonds. The van der Waals surface area contributed by atoms with Gasteiger partial charge in [-0.15, -0.1) is 0 Å². The van der Waals surface area contributed by atoms with Gasteiger partial charge in [-0.2, -0.15) is 0 Å². The minimum absolute atomic E-state index is 0.160. The zero-order valence-corrected chi connectivity index (χ0v) is 11.3. The van der Waals surface area contributed by atoms with Gasteiger partial charge in [-0.25, -0.2) is 9.59 Å². The van der Waals surface area contributed by atoms with Crippen LogP contribution in [0.3, 0.4) is 0 Å². The summed E-state index contributed by atoms with van der Waals surface area (Å²) >= 11 is 0. The second kappa shape index (κ2) is 6.56. The summed E-state index contributed by atoms with van der Waals surface area (Å²) in [6.45, 7) is 1.87. The van der Waals surface area contributed by atoms with Crippen LogP contribution in [0.4, 0.5) is 4.79 Å². The Balaban J connectivity index is 1.96. The normalized spacial score (nSPS) is 15.6. The molecule has 0 atom stereocenters. The molecule has 1 aromatic rings. The van der Waals surface area contributed by atoms with Crippen molar-refractivity contribution in [2.75, 3.05) is 13.2 Å². The summed E-state index contributed by atoms with van der Waals surface area (Å²) in [4.78, 5) is 33.5. The first kappa shape index (κ1) is 14.6. The zero-order chi connectivity index (χ0) is 15.2. The van der Waals surface area contributed by atoms with Crippen molar-refractivity contribution in [1.82, 2.24) is 10.6 Å². The molecule has 1 aliphatic heterocycles. The maximum atomic E-state index is 11.4. The van der Waals surface area contributed by atoms with E-state index in [0.29, 0.717) is 17.9 Å². The van der Waals surface area contributed by atoms with E-state index in [1.807, 2.05) is 0 Å². The summed E-state index contributed by atoms with van der Waals surface area (Å²) in [7, 11) is 0. The topological polar surface area (TPSA) is 93.7 Å². The van der Waals surface area contributed by atoms with E-state index in [0.717, 1.165) is 0 Å². The lowest BCUT2D eigenvalue weighted by Crippen LogP contribution is -2.22. The van der Waals surface area contributed by atoms with Crippen LogP contribution in [-0.4, -0.2) is 31.1 Å². The highest BCUT2D eigenvalue weighted by Crippen LogP contribution is 2.15. The fourth-order valence-corrected chi connectivity index (χ4v) is 1.65. The van der Waals surface area contributed by atoms with Crippen LogP contribution in [0.15, 0.2) is 30.0 Å². The van der Waals surface area contributed by atoms with Gasteiger partial charge >= 0.3 is 12.0 Å². The third-order valence-corrected chi connectivity index (χ3v) is 2.57. The first-order valence-corrected chi connectivity index (χ1v) is 6.31. The molecular weight excluding hydrogens is 276 g/mol. The third-order valence-electron chi connectivity index (χ3n) is 2.57. The Morgan fingerprint density at radius 3 is 2.48 bits per heavy atom. The first-order valence-electron chi connectivity index (χ1n) is 6.31. The highest BCUT2D eigenvalue weighted by Gasteiger charge is 2.22. The number of ether oxygens (including phenoxy) is 2. The van der Waals surface area contributed by atoms with Gasteiger partial charge < -0.3 is 14.8 Å². The summed E-state index contributed by atoms with van der Waals surface area (Å²) in [5.74, 6) is -0.401. The average molecular weight is 290 g/mol. The Morgan fingerprint density at radius 2 is 1.90 bits per heavy atom. The average Bonchev–Trinajstić information content (AvgIpc) is 2.76. The van der Waals surface area contributed by atoms with Gasteiger partial charge in [-0.3, -0.25) is 10.1 Å². The molecule has 1 aliphatic rings. The predicted molar refractivity (Wildman–Crippen MR) is 73.2 cm³/mol. The quantitative estimate of drug-likeness (QED) is 0.475. The van der Waals surface area contributed by atoms with Crippen molar-refractivity contribution in [2.45, 2.75) is 6.92 Å². The zero-order valence-electron chi connectivity index (χ0n) is 11.3. The van der Waals surface area contributed by atoms with E-state index >= 15 is 0 Å². The maximum Gasteiger partial charge on any atom is 0.344 e. The van der Waals surface area contributed by atoms with Gasteiger partial charge in [-0.05, 0) is 30.7 Å². The molecule has 0 bridgehead atoms. The number of hydrogen-bond acceptors (Lipinski definition) is 5. The van der Waals surface area contributed by atoms with Crippen molar-refractivity contribution < 1.29 is 23.9 Å². The van der Waals surface area contributed by atoms with E-state index in [1.165, 1.54) is 6.08 Å². The van der Waals surface area contributed by atoms with Crippen LogP contribution < -0.4 is 15.4 Å². The van der Waals surface area contributed by atoms with Gasteiger partial charge in [0.15, 0.2) is 6.61 Å². The highest BCUT2D eigenvalue weighted by molar-refractivity contribution is 6.13. The van der Waals surface area contributed by atoms with Gasteiger partial charge in [0.2, 0.25) is 0 Å². The maximum absolute atomic E-state index is 11.4. The first-order chi connectivity index (χ1) is 10.1. The summed E-state index contributed by atoms with van der Waals surface area (Å²) in [6.07, 6.45) is 1.54. The Morgan fingerprint density at radius 1 is 1.19 bits per heavy atom. The molecule has 110 valence electrons. The van der Waals surface area contributed by atoms with E-state index in [4.69, 9.17) is 9.47 Å². The van der Waals surface area contributed by atoms with Crippen molar-refractivity contribution >= 4 is 24.0 Å². The molecule has 1 saturated heterocycles. The van der Waals surface area contributed by atoms with E-state index in [9.17, 15) is 14.4 Å². The van der Waals surface area contributed by atoms with E-state index < -0.39 is 17.9 Å². The molecule has 1 aromatic carbocycles. The SMILES string of the molecule is CCOC(=O)COc1ccc(/C=C2/NC(=O)NC2=O)cc1. The molecule has 7 heteroatoms. The number of carbonyl (C=O) groups is 3. The standard InChI is InChI=1S/C14H14N2O5/c1-2-20-12(17)8-21-10-5-3-9(4-6-10)7-11-13(18)16-14(19)15-11/h3-7H,2,8H2,1H3,(H2,15,16,18,19)/b11-7+. The third kappa shape index (κ3) is 4.07. The number of carbonyl (C=O) groups excluding carboxylic acids is 3. The fraction of sp³-hybridized carbons (Fsp3) is 0.214. The van der Waals surface area contributed by atoms with E-state index in [-0.39, 0.29) is 12.3 Å². The van der Waals surface area contributed by atoms with E-state index in [2.05, 4.69) is 10.6 Å². The molecular formula is C14H14N2O5. The second-order valence-electron chi connectivity index (χ2n) is 4.13. The molecule has 0 spiro atoms. The Kier molecular flexibility index (Phi) is 4.55. The van der Waals surface area contributed by atoms with Gasteiger partial charge in [-0.1, -0.05) is 12.1 Å². The van der Waals surface area contributed by atoms with Crippen molar-refractivity contribution in [3.05, 3.63) is 35.5 Å². The van der Waals surface area contributed by atoms with Gasteiger partial charge in [0.25, 0.3) is 5.91 Å². The molecule has 0 unspecified atom stereocenters. The van der Waals surface area contributed by atoms with Crippen molar-refractivity contribution in [2.24, 2.45) is 0 Å². The summed E-state index contributed by atoms with van der Waals surface area (Å²) in [5, 5.41) is 4.50. The predicted octanol–water partition coefficient (Wildman–Crippen LogP) is 0.809. The van der Waals surface area contributed by atoms with Crippen molar-refractivity contribution in [3.8, 4) is 5.75 Å². The minimum atomic E-state index is -0.541. The van der Waals surface area contributed by atoms with Gasteiger partial charge in [0, 0.05) is 0 Å². The number of urea groups is 1. The Labute approximate surface area is 120 Å². The molecule has 0 radical (unpaired) electrons. The molecule has 1 fully saturated rings. The lowest BCUT2D eigenvalue weighted by Gasteiger charge is -2.05. The summed E-state index contributed by atoms with van der Waals surface area (Å²) in [6, 6.07) is 6.16. The minimum Gasteiger partial charge on any atom is -0.482 e. The number of rotatable bonds is 5. The van der Waals surface area contributed by atoms with Crippen LogP contribution in [0, 0.1) is 0 Å². The van der Waals surface area contributed by atoms with Crippen LogP contribution in [0.5, 0.6) is 5.75 Å². The largest absolute Gasteiger partial charge is 0.482 e. The van der Waals surface area contributed by atoms with Crippen LogP contribution in [-0.2, 0) is 14.3 Å². The van der Waals surface area contributed by atoms with Gasteiger partial charge in [0.05, 0.1) is 6.61 Å². The second-order valence-corrected chi connectivity index (χ2v) is 4.13. The summed E-state index contributed by atoms with van der Waals surface area (Å²) in [5.41, 5.74) is 0.894. The van der Waals surface area contributed by atoms with Crippen LogP contribution in [0.2, 0.25) is 0 Å². The smallest absolute Gasteiger partial charge is 0.344 e. The molecule has 0 aromatic heterocycles. The Bertz CT molecular complexity index is 592. The lowest BCUT2D eigenvalue weighted by atomic mass is 10.2. The molecule has 2 N–H and O–H groups in total. The summed E-state index contributed by atoms with van der Waals surface area (Å²) < 4.78 is 9.98. The number of amides is 3. The molecule has 0 saturated carbocycles. The monoisotopic (exact) mass is 290 g/mol.